The van der Waals surface area contributed by atoms with Crippen LogP contribution in [0, 0.1) is 0 Å². The Balaban J connectivity index is 1.27. The number of carbonyl (C=O) groups excluding carboxylic acids is 2. The standard InChI is InChI=1S/C18H16N8O2/c27-17(25-19-13-5-1-2-6-14(13)20-25)23-9-11-24(12-10-23)18(28)26-21-15-7-3-4-8-16(15)22-26/h1-8H,9-12H2. The average Bonchev–Trinajstić information content (AvgIpc) is 3.37. The van der Waals surface area contributed by atoms with Gasteiger partial charge in [-0.1, -0.05) is 33.9 Å². The molecule has 0 N–H and O–H groups in total. The van der Waals surface area contributed by atoms with Crippen molar-refractivity contribution in [2.45, 2.75) is 0 Å². The van der Waals surface area contributed by atoms with Gasteiger partial charge in [-0.25, -0.2) is 9.59 Å². The van der Waals surface area contributed by atoms with Crippen LogP contribution in [0.3, 0.4) is 0 Å². The lowest BCUT2D eigenvalue weighted by molar-refractivity contribution is 0.138. The van der Waals surface area contributed by atoms with Gasteiger partial charge in [-0.2, -0.15) is 0 Å². The molecule has 10 nitrogen and oxygen atoms in total. The van der Waals surface area contributed by atoms with E-state index in [2.05, 4.69) is 20.4 Å². The van der Waals surface area contributed by atoms with E-state index in [4.69, 9.17) is 0 Å². The second-order valence-electron chi connectivity index (χ2n) is 6.50. The smallest absolute Gasteiger partial charge is 0.318 e. The number of carbonyl (C=O) groups is 2. The first-order valence-corrected chi connectivity index (χ1v) is 8.92. The lowest BCUT2D eigenvalue weighted by Crippen LogP contribution is -2.53. The van der Waals surface area contributed by atoms with Crippen molar-refractivity contribution >= 4 is 34.1 Å². The molecule has 1 aliphatic rings. The molecule has 28 heavy (non-hydrogen) atoms. The van der Waals surface area contributed by atoms with Crippen molar-refractivity contribution < 1.29 is 9.59 Å². The summed E-state index contributed by atoms with van der Waals surface area (Å²) < 4.78 is 0. The normalized spacial score (nSPS) is 14.7. The van der Waals surface area contributed by atoms with Crippen molar-refractivity contribution in [3.8, 4) is 0 Å². The second-order valence-corrected chi connectivity index (χ2v) is 6.50. The molecule has 10 heteroatoms. The summed E-state index contributed by atoms with van der Waals surface area (Å²) in [7, 11) is 0. The molecule has 2 aromatic heterocycles. The molecule has 0 spiro atoms. The lowest BCUT2D eigenvalue weighted by Gasteiger charge is -2.33. The maximum atomic E-state index is 12.7. The largest absolute Gasteiger partial charge is 0.362 e. The molecular formula is C18H16N8O2. The Hall–Kier alpha value is -3.82. The third-order valence-corrected chi connectivity index (χ3v) is 4.74. The average molecular weight is 376 g/mol. The van der Waals surface area contributed by atoms with Gasteiger partial charge in [-0.15, -0.1) is 20.4 Å². The number of rotatable bonds is 0. The highest BCUT2D eigenvalue weighted by atomic mass is 16.2. The molecule has 1 saturated heterocycles. The summed E-state index contributed by atoms with van der Waals surface area (Å²) in [6, 6.07) is 14.0. The number of amides is 2. The van der Waals surface area contributed by atoms with E-state index in [0.29, 0.717) is 48.2 Å². The summed E-state index contributed by atoms with van der Waals surface area (Å²) in [6.07, 6.45) is 0. The molecule has 0 saturated carbocycles. The Bertz CT molecular complexity index is 1030. The third kappa shape index (κ3) is 2.75. The minimum Gasteiger partial charge on any atom is -0.318 e. The van der Waals surface area contributed by atoms with Crippen LogP contribution >= 0.6 is 0 Å². The van der Waals surface area contributed by atoms with E-state index in [0.717, 1.165) is 9.59 Å². The Morgan fingerprint density at radius 3 is 1.14 bits per heavy atom. The Morgan fingerprint density at radius 2 is 0.857 bits per heavy atom. The summed E-state index contributed by atoms with van der Waals surface area (Å²) in [6.45, 7) is 1.57. The second kappa shape index (κ2) is 6.41. The molecule has 5 rings (SSSR count). The van der Waals surface area contributed by atoms with Crippen LogP contribution in [-0.4, -0.2) is 78.0 Å². The first-order valence-electron chi connectivity index (χ1n) is 8.92. The van der Waals surface area contributed by atoms with Gasteiger partial charge in [-0.05, 0) is 24.3 Å². The van der Waals surface area contributed by atoms with Crippen LogP contribution in [0.25, 0.3) is 22.1 Å². The van der Waals surface area contributed by atoms with Crippen molar-refractivity contribution in [3.05, 3.63) is 48.5 Å². The van der Waals surface area contributed by atoms with Gasteiger partial charge < -0.3 is 9.80 Å². The molecule has 1 fully saturated rings. The Kier molecular flexibility index (Phi) is 3.75. The van der Waals surface area contributed by atoms with Gasteiger partial charge in [0.2, 0.25) is 0 Å². The monoisotopic (exact) mass is 376 g/mol. The van der Waals surface area contributed by atoms with Crippen LogP contribution in [0.4, 0.5) is 9.59 Å². The molecule has 0 radical (unpaired) electrons. The predicted octanol–water partition coefficient (Wildman–Crippen LogP) is 1.43. The molecule has 140 valence electrons. The van der Waals surface area contributed by atoms with Crippen molar-refractivity contribution in [1.29, 1.82) is 0 Å². The molecule has 0 unspecified atom stereocenters. The van der Waals surface area contributed by atoms with Crippen LogP contribution < -0.4 is 0 Å². The molecule has 2 amide bonds. The van der Waals surface area contributed by atoms with Gasteiger partial charge >= 0.3 is 12.1 Å². The number of hydrogen-bond acceptors (Lipinski definition) is 6. The van der Waals surface area contributed by atoms with E-state index in [1.807, 2.05) is 48.5 Å². The lowest BCUT2D eigenvalue weighted by atomic mass is 10.3. The predicted molar refractivity (Wildman–Crippen MR) is 99.8 cm³/mol. The zero-order valence-electron chi connectivity index (χ0n) is 14.8. The number of piperazine rings is 1. The highest BCUT2D eigenvalue weighted by molar-refractivity contribution is 5.82. The molecule has 2 aromatic carbocycles. The molecule has 1 aliphatic heterocycles. The fourth-order valence-electron chi connectivity index (χ4n) is 3.23. The Labute approximate surface area is 158 Å². The zero-order chi connectivity index (χ0) is 19.1. The van der Waals surface area contributed by atoms with E-state index in [9.17, 15) is 9.59 Å². The molecule has 4 aromatic rings. The first-order chi connectivity index (χ1) is 13.7. The molecule has 0 aliphatic carbocycles. The first kappa shape index (κ1) is 16.4. The van der Waals surface area contributed by atoms with E-state index in [1.165, 1.54) is 0 Å². The van der Waals surface area contributed by atoms with Crippen LogP contribution in [0.1, 0.15) is 0 Å². The van der Waals surface area contributed by atoms with E-state index >= 15 is 0 Å². The van der Waals surface area contributed by atoms with Crippen molar-refractivity contribution in [3.63, 3.8) is 0 Å². The fraction of sp³-hybridized carbons (Fsp3) is 0.222. The highest BCUT2D eigenvalue weighted by Gasteiger charge is 2.27. The molecule has 0 atom stereocenters. The maximum absolute atomic E-state index is 12.7. The van der Waals surface area contributed by atoms with Gasteiger partial charge in [0.15, 0.2) is 0 Å². The maximum Gasteiger partial charge on any atom is 0.362 e. The van der Waals surface area contributed by atoms with Gasteiger partial charge in [0, 0.05) is 26.2 Å². The van der Waals surface area contributed by atoms with Crippen LogP contribution in [0.5, 0.6) is 0 Å². The van der Waals surface area contributed by atoms with Crippen LogP contribution in [0.15, 0.2) is 48.5 Å². The number of nitrogens with zero attached hydrogens (tertiary/aromatic N) is 8. The summed E-state index contributed by atoms with van der Waals surface area (Å²) in [5.41, 5.74) is 2.67. The van der Waals surface area contributed by atoms with Gasteiger partial charge in [0.1, 0.15) is 22.1 Å². The van der Waals surface area contributed by atoms with E-state index in [-0.39, 0.29) is 12.1 Å². The van der Waals surface area contributed by atoms with Crippen molar-refractivity contribution in [1.82, 2.24) is 39.8 Å². The number of hydrogen-bond donors (Lipinski definition) is 0. The van der Waals surface area contributed by atoms with Crippen molar-refractivity contribution in [2.24, 2.45) is 0 Å². The summed E-state index contributed by atoms with van der Waals surface area (Å²) in [5, 5.41) is 16.9. The number of fused-ring (bicyclic) bond motifs is 2. The van der Waals surface area contributed by atoms with Gasteiger partial charge in [-0.3, -0.25) is 0 Å². The summed E-state index contributed by atoms with van der Waals surface area (Å²) >= 11 is 0. The minimum absolute atomic E-state index is 0.300. The SMILES string of the molecule is O=C(N1CCN(C(=O)n2nc3ccccc3n2)CC1)n1nc2ccccc2n1. The van der Waals surface area contributed by atoms with Gasteiger partial charge in [0.25, 0.3) is 0 Å². The molecular weight excluding hydrogens is 360 g/mol. The van der Waals surface area contributed by atoms with Crippen molar-refractivity contribution in [2.75, 3.05) is 26.2 Å². The Morgan fingerprint density at radius 1 is 0.571 bits per heavy atom. The number of benzene rings is 2. The highest BCUT2D eigenvalue weighted by Crippen LogP contribution is 2.11. The van der Waals surface area contributed by atoms with E-state index < -0.39 is 0 Å². The topological polar surface area (TPSA) is 102 Å². The summed E-state index contributed by atoms with van der Waals surface area (Å²) in [4.78, 5) is 30.8. The number of aromatic nitrogens is 6. The minimum atomic E-state index is -0.300. The quantitative estimate of drug-likeness (QED) is 0.460. The van der Waals surface area contributed by atoms with Crippen LogP contribution in [0.2, 0.25) is 0 Å². The summed E-state index contributed by atoms with van der Waals surface area (Å²) in [5.74, 6) is 0. The van der Waals surface area contributed by atoms with Gasteiger partial charge in [0.05, 0.1) is 0 Å². The zero-order valence-corrected chi connectivity index (χ0v) is 14.8. The van der Waals surface area contributed by atoms with E-state index in [1.54, 1.807) is 9.80 Å². The molecule has 0 bridgehead atoms. The molecule has 3 heterocycles. The van der Waals surface area contributed by atoms with Crippen LogP contribution in [-0.2, 0) is 0 Å². The fourth-order valence-corrected chi connectivity index (χ4v) is 3.23. The third-order valence-electron chi connectivity index (χ3n) is 4.74.